The van der Waals surface area contributed by atoms with Gasteiger partial charge in [0.25, 0.3) is 0 Å². The van der Waals surface area contributed by atoms with Crippen LogP contribution in [0.3, 0.4) is 0 Å². The number of fused-ring (bicyclic) bond motifs is 1. The van der Waals surface area contributed by atoms with Gasteiger partial charge in [0.1, 0.15) is 0 Å². The third-order valence-electron chi connectivity index (χ3n) is 5.71. The van der Waals surface area contributed by atoms with Crippen molar-refractivity contribution in [3.05, 3.63) is 42.0 Å². The van der Waals surface area contributed by atoms with Gasteiger partial charge in [-0.05, 0) is 0 Å². The van der Waals surface area contributed by atoms with Crippen LogP contribution in [-0.4, -0.2) is 29.2 Å². The van der Waals surface area contributed by atoms with Gasteiger partial charge in [-0.2, -0.15) is 0 Å². The van der Waals surface area contributed by atoms with E-state index >= 15 is 0 Å². The average molecular weight is 483 g/mol. The first-order chi connectivity index (χ1) is 12.5. The van der Waals surface area contributed by atoms with Gasteiger partial charge in [0.2, 0.25) is 0 Å². The van der Waals surface area contributed by atoms with Gasteiger partial charge in [0.05, 0.1) is 0 Å². The summed E-state index contributed by atoms with van der Waals surface area (Å²) in [6.45, 7) is 21.6. The van der Waals surface area contributed by atoms with E-state index in [1.54, 1.807) is 3.58 Å². The molecule has 2 radical (unpaired) electrons. The number of rotatable bonds is 4. The van der Waals surface area contributed by atoms with Gasteiger partial charge in [-0.25, -0.2) is 0 Å². The first-order valence-electron chi connectivity index (χ1n) is 10.3. The maximum absolute atomic E-state index is 3.98. The molecule has 144 valence electrons. The molecule has 0 aliphatic rings. The molecule has 0 aliphatic carbocycles. The maximum atomic E-state index is 3.98. The van der Waals surface area contributed by atoms with Gasteiger partial charge in [-0.1, -0.05) is 0 Å². The zero-order chi connectivity index (χ0) is 20.4. The third-order valence-corrected chi connectivity index (χ3v) is 16.1. The van der Waals surface area contributed by atoms with E-state index in [2.05, 4.69) is 110 Å². The molecular weight excluding hydrogens is 447 g/mol. The van der Waals surface area contributed by atoms with Crippen molar-refractivity contribution >= 4 is 43.6 Å². The van der Waals surface area contributed by atoms with Crippen molar-refractivity contribution in [3.8, 4) is 11.5 Å². The molecule has 0 nitrogen and oxygen atoms in total. The predicted octanol–water partition coefficient (Wildman–Crippen LogP) is 6.96. The Morgan fingerprint density at radius 1 is 0.815 bits per heavy atom. The van der Waals surface area contributed by atoms with Crippen LogP contribution in [0.15, 0.2) is 36.4 Å². The van der Waals surface area contributed by atoms with E-state index in [0.717, 1.165) is 0 Å². The van der Waals surface area contributed by atoms with E-state index in [-0.39, 0.29) is 0 Å². The zero-order valence-corrected chi connectivity index (χ0v) is 22.6. The molecule has 27 heavy (non-hydrogen) atoms. The third kappa shape index (κ3) is 5.01. The Bertz CT molecular complexity index is 822. The van der Waals surface area contributed by atoms with Gasteiger partial charge < -0.3 is 0 Å². The predicted molar refractivity (Wildman–Crippen MR) is 127 cm³/mol. The Hall–Kier alpha value is -0.724. The second-order valence-electron chi connectivity index (χ2n) is 9.73. The molecule has 2 heteroatoms. The van der Waals surface area contributed by atoms with E-state index < -0.39 is 29.2 Å². The average Bonchev–Trinajstić information content (AvgIpc) is 2.54. The summed E-state index contributed by atoms with van der Waals surface area (Å²) in [4.78, 5) is 0. The minimum absolute atomic E-state index is 0.422. The molecule has 0 spiro atoms. The molecule has 0 fully saturated rings. The number of hydrogen-bond acceptors (Lipinski definition) is 0. The SMILES string of the molecule is CC(C)[Si](C#Cc1[c]([Sn][C](C)(C)C)ccc2ccccc12)(C(C)C)C(C)C. The molecule has 0 aliphatic heterocycles. The Labute approximate surface area is 178 Å². The van der Waals surface area contributed by atoms with E-state index in [4.69, 9.17) is 0 Å². The van der Waals surface area contributed by atoms with Crippen molar-refractivity contribution < 1.29 is 0 Å². The Kier molecular flexibility index (Phi) is 7.31. The standard InChI is InChI=1S/C21H27Si.C4H9.Sn/c1-16(2)22(17(3)4,18(5)6)15-14-20-12-9-11-19-10-7-8-13-21(19)20;1-4(2)3;/h7-11,13,16-18H,1-6H3;1-3H3;. The fourth-order valence-corrected chi connectivity index (χ4v) is 13.4. The van der Waals surface area contributed by atoms with Gasteiger partial charge in [0, 0.05) is 0 Å². The summed E-state index contributed by atoms with van der Waals surface area (Å²) in [6, 6.07) is 13.5. The number of hydrogen-bond donors (Lipinski definition) is 0. The zero-order valence-electron chi connectivity index (χ0n) is 18.7. The summed E-state index contributed by atoms with van der Waals surface area (Å²) >= 11 is -0.726. The molecule has 0 bridgehead atoms. The topological polar surface area (TPSA) is 0 Å². The summed E-state index contributed by atoms with van der Waals surface area (Å²) < 4.78 is 1.99. The summed E-state index contributed by atoms with van der Waals surface area (Å²) in [5.74, 6) is 3.82. The molecule has 0 aromatic heterocycles. The Morgan fingerprint density at radius 2 is 1.37 bits per heavy atom. The monoisotopic (exact) mass is 484 g/mol. The Morgan fingerprint density at radius 3 is 1.89 bits per heavy atom. The first kappa shape index (κ1) is 22.6. The van der Waals surface area contributed by atoms with Crippen LogP contribution in [0.1, 0.15) is 67.9 Å². The fraction of sp³-hybridized carbons (Fsp3) is 0.520. The fourth-order valence-electron chi connectivity index (χ4n) is 4.52. The van der Waals surface area contributed by atoms with Gasteiger partial charge in [-0.15, -0.1) is 0 Å². The van der Waals surface area contributed by atoms with E-state index in [0.29, 0.717) is 20.1 Å². The number of benzene rings is 2. The molecule has 0 atom stereocenters. The van der Waals surface area contributed by atoms with Crippen LogP contribution in [0.4, 0.5) is 0 Å². The van der Waals surface area contributed by atoms with Crippen LogP contribution in [-0.2, 0) is 0 Å². The Balaban J connectivity index is 2.74. The second kappa shape index (κ2) is 8.74. The van der Waals surface area contributed by atoms with Crippen molar-refractivity contribution in [3.63, 3.8) is 0 Å². The van der Waals surface area contributed by atoms with Gasteiger partial charge >= 0.3 is 179 Å². The van der Waals surface area contributed by atoms with E-state index in [1.165, 1.54) is 16.3 Å². The van der Waals surface area contributed by atoms with Crippen molar-refractivity contribution in [2.24, 2.45) is 0 Å². The molecule has 2 aromatic carbocycles. The van der Waals surface area contributed by atoms with Crippen LogP contribution in [0.5, 0.6) is 0 Å². The molecule has 0 N–H and O–H groups in total. The van der Waals surface area contributed by atoms with Crippen molar-refractivity contribution in [2.75, 3.05) is 0 Å². The summed E-state index contributed by atoms with van der Waals surface area (Å²) in [5, 5.41) is 2.68. The molecule has 0 saturated heterocycles. The van der Waals surface area contributed by atoms with Crippen LogP contribution < -0.4 is 3.58 Å². The second-order valence-corrected chi connectivity index (χ2v) is 21.8. The van der Waals surface area contributed by atoms with Crippen LogP contribution in [0.25, 0.3) is 10.8 Å². The quantitative estimate of drug-likeness (QED) is 0.326. The van der Waals surface area contributed by atoms with Crippen LogP contribution >= 0.6 is 0 Å². The normalized spacial score (nSPS) is 12.7. The molecule has 0 saturated carbocycles. The molecule has 2 rings (SSSR count). The summed E-state index contributed by atoms with van der Waals surface area (Å²) in [5.41, 5.74) is 7.34. The van der Waals surface area contributed by atoms with Crippen LogP contribution in [0, 0.1) is 11.5 Å². The first-order valence-corrected chi connectivity index (χ1v) is 15.4. The summed E-state index contributed by atoms with van der Waals surface area (Å²) in [6.07, 6.45) is 0. The van der Waals surface area contributed by atoms with Crippen LogP contribution in [0.2, 0.25) is 20.1 Å². The van der Waals surface area contributed by atoms with Gasteiger partial charge in [0.15, 0.2) is 0 Å². The van der Waals surface area contributed by atoms with E-state index in [9.17, 15) is 0 Å². The molecule has 0 unspecified atom stereocenters. The van der Waals surface area contributed by atoms with Crippen molar-refractivity contribution in [1.82, 2.24) is 0 Å². The molecular formula is C25H36SiSn. The van der Waals surface area contributed by atoms with Crippen molar-refractivity contribution in [2.45, 2.75) is 82.4 Å². The molecule has 2 aromatic rings. The van der Waals surface area contributed by atoms with Crippen molar-refractivity contribution in [1.29, 1.82) is 0 Å². The van der Waals surface area contributed by atoms with Gasteiger partial charge in [-0.3, -0.25) is 0 Å². The van der Waals surface area contributed by atoms with E-state index in [1.807, 2.05) is 0 Å². The summed E-state index contributed by atoms with van der Waals surface area (Å²) in [7, 11) is -1.72. The molecule has 0 amide bonds. The molecule has 0 heterocycles. The minimum atomic E-state index is -1.72.